The highest BCUT2D eigenvalue weighted by atomic mass is 16.5. The van der Waals surface area contributed by atoms with Crippen LogP contribution in [0.2, 0.25) is 0 Å². The van der Waals surface area contributed by atoms with Gasteiger partial charge in [-0.1, -0.05) is 6.07 Å². The van der Waals surface area contributed by atoms with E-state index in [2.05, 4.69) is 4.90 Å². The number of carbonyl (C=O) groups is 3. The Labute approximate surface area is 193 Å². The zero-order chi connectivity index (χ0) is 23.3. The first-order chi connectivity index (χ1) is 15.8. The number of likely N-dealkylation sites (tertiary alicyclic amines) is 2. The summed E-state index contributed by atoms with van der Waals surface area (Å²) in [5.74, 6) is -0.551. The van der Waals surface area contributed by atoms with E-state index in [9.17, 15) is 19.5 Å². The van der Waals surface area contributed by atoms with Crippen molar-refractivity contribution >= 4 is 17.8 Å². The Morgan fingerprint density at radius 3 is 2.36 bits per heavy atom. The van der Waals surface area contributed by atoms with Gasteiger partial charge in [0.05, 0.1) is 22.9 Å². The van der Waals surface area contributed by atoms with E-state index in [1.165, 1.54) is 0 Å². The minimum absolute atomic E-state index is 0.00580. The van der Waals surface area contributed by atoms with Gasteiger partial charge in [0.1, 0.15) is 13.2 Å². The van der Waals surface area contributed by atoms with E-state index >= 15 is 0 Å². The van der Waals surface area contributed by atoms with Crippen LogP contribution in [0.4, 0.5) is 0 Å². The maximum absolute atomic E-state index is 12.9. The summed E-state index contributed by atoms with van der Waals surface area (Å²) < 4.78 is 10.2. The van der Waals surface area contributed by atoms with Crippen molar-refractivity contribution in [3.8, 4) is 0 Å². The van der Waals surface area contributed by atoms with Crippen LogP contribution < -0.4 is 0 Å². The number of piperidine rings is 2. The van der Waals surface area contributed by atoms with Gasteiger partial charge in [0.15, 0.2) is 0 Å². The van der Waals surface area contributed by atoms with Gasteiger partial charge in [-0.15, -0.1) is 0 Å². The van der Waals surface area contributed by atoms with E-state index in [0.717, 1.165) is 54.7 Å². The van der Waals surface area contributed by atoms with E-state index in [1.54, 1.807) is 17.9 Å². The maximum atomic E-state index is 12.9. The largest absolute Gasteiger partial charge is 0.457 e. The number of nitrogens with zero attached hydrogens (tertiary/aromatic N) is 2. The maximum Gasteiger partial charge on any atom is 0.338 e. The van der Waals surface area contributed by atoms with Crippen LogP contribution in [0.1, 0.15) is 65.8 Å². The number of rotatable bonds is 4. The molecule has 0 aliphatic carbocycles. The van der Waals surface area contributed by atoms with E-state index in [0.29, 0.717) is 30.6 Å². The second-order valence-electron chi connectivity index (χ2n) is 9.82. The average Bonchev–Trinajstić information content (AvgIpc) is 3.33. The van der Waals surface area contributed by atoms with Gasteiger partial charge in [-0.25, -0.2) is 9.59 Å². The number of hydrogen-bond acceptors (Lipinski definition) is 7. The first kappa shape index (κ1) is 22.1. The molecule has 1 atom stereocenters. The molecule has 0 saturated carbocycles. The fraction of sp³-hybridized carbons (Fsp3) is 0.560. The number of carbonyl (C=O) groups excluding carboxylic acids is 3. The molecule has 2 saturated heterocycles. The highest BCUT2D eigenvalue weighted by Crippen LogP contribution is 2.43. The summed E-state index contributed by atoms with van der Waals surface area (Å²) in [5, 5.41) is 10.9. The summed E-state index contributed by atoms with van der Waals surface area (Å²) in [6, 6.07) is 3.58. The van der Waals surface area contributed by atoms with Crippen LogP contribution in [0.15, 0.2) is 23.4 Å². The Hall–Kier alpha value is -2.71. The summed E-state index contributed by atoms with van der Waals surface area (Å²) in [6.45, 7) is 6.93. The monoisotopic (exact) mass is 454 g/mol. The van der Waals surface area contributed by atoms with Crippen molar-refractivity contribution < 1.29 is 29.0 Å². The van der Waals surface area contributed by atoms with Gasteiger partial charge < -0.3 is 24.4 Å². The van der Waals surface area contributed by atoms with E-state index < -0.39 is 6.10 Å². The Kier molecular flexibility index (Phi) is 5.53. The van der Waals surface area contributed by atoms with Crippen LogP contribution in [-0.2, 0) is 25.7 Å². The van der Waals surface area contributed by atoms with Crippen molar-refractivity contribution in [2.45, 2.75) is 52.2 Å². The first-order valence-corrected chi connectivity index (χ1v) is 11.7. The van der Waals surface area contributed by atoms with Crippen LogP contribution in [0.25, 0.3) is 0 Å². The smallest absolute Gasteiger partial charge is 0.338 e. The van der Waals surface area contributed by atoms with E-state index in [4.69, 9.17) is 9.47 Å². The van der Waals surface area contributed by atoms with Gasteiger partial charge in [0.2, 0.25) is 5.91 Å². The fourth-order valence-electron chi connectivity index (χ4n) is 5.72. The summed E-state index contributed by atoms with van der Waals surface area (Å²) >= 11 is 0. The molecule has 4 aliphatic rings. The summed E-state index contributed by atoms with van der Waals surface area (Å²) in [4.78, 5) is 40.4. The minimum atomic E-state index is -0.640. The lowest BCUT2D eigenvalue weighted by Gasteiger charge is -2.46. The molecular formula is C25H30N2O6. The molecule has 4 aliphatic heterocycles. The Morgan fingerprint density at radius 1 is 1.00 bits per heavy atom. The number of hydrogen-bond donors (Lipinski definition) is 1. The third-order valence-corrected chi connectivity index (χ3v) is 8.01. The van der Waals surface area contributed by atoms with Crippen molar-refractivity contribution in [1.29, 1.82) is 0 Å². The third-order valence-electron chi connectivity index (χ3n) is 8.01. The molecule has 4 heterocycles. The second-order valence-corrected chi connectivity index (χ2v) is 9.82. The van der Waals surface area contributed by atoms with Gasteiger partial charge in [-0.2, -0.15) is 0 Å². The van der Waals surface area contributed by atoms with Crippen molar-refractivity contribution in [2.75, 3.05) is 32.8 Å². The number of fused-ring (bicyclic) bond motifs is 1. The standard InChI is InChI=1S/C25H30N2O6/c1-15-17(3-4-18-19(15)13-32-24(18)31)21(28)12-26-8-5-25(6-9-26)7-10-27(22(29)11-25)20-14-33-23(30)16(20)2/h3-4,21,28H,5-14H2,1-2H3. The normalized spacial score (nSPS) is 23.7. The number of cyclic esters (lactones) is 2. The van der Waals surface area contributed by atoms with Gasteiger partial charge in [-0.05, 0) is 68.8 Å². The quantitative estimate of drug-likeness (QED) is 0.697. The Morgan fingerprint density at radius 2 is 1.70 bits per heavy atom. The first-order valence-electron chi connectivity index (χ1n) is 11.7. The molecule has 8 nitrogen and oxygen atoms in total. The van der Waals surface area contributed by atoms with Crippen LogP contribution in [0.5, 0.6) is 0 Å². The third kappa shape index (κ3) is 3.85. The molecule has 1 spiro atoms. The molecule has 0 aromatic heterocycles. The molecule has 1 amide bonds. The lowest BCUT2D eigenvalue weighted by molar-refractivity contribution is -0.139. The van der Waals surface area contributed by atoms with Crippen LogP contribution >= 0.6 is 0 Å². The predicted molar refractivity (Wildman–Crippen MR) is 118 cm³/mol. The fourth-order valence-corrected chi connectivity index (χ4v) is 5.72. The predicted octanol–water partition coefficient (Wildman–Crippen LogP) is 2.23. The second kappa shape index (κ2) is 8.25. The van der Waals surface area contributed by atoms with E-state index in [1.807, 2.05) is 13.0 Å². The number of esters is 2. The van der Waals surface area contributed by atoms with Crippen molar-refractivity contribution in [1.82, 2.24) is 9.80 Å². The molecule has 2 fully saturated rings. The Balaban J connectivity index is 1.19. The molecule has 33 heavy (non-hydrogen) atoms. The molecule has 8 heteroatoms. The lowest BCUT2D eigenvalue weighted by Crippen LogP contribution is -2.49. The number of ether oxygens (including phenoxy) is 2. The average molecular weight is 455 g/mol. The number of benzene rings is 1. The molecule has 1 N–H and O–H groups in total. The minimum Gasteiger partial charge on any atom is -0.457 e. The number of aliphatic hydroxyl groups excluding tert-OH is 1. The lowest BCUT2D eigenvalue weighted by atomic mass is 9.70. The molecule has 176 valence electrons. The molecule has 5 rings (SSSR count). The SMILES string of the molecule is CC1=C(N2CCC3(CCN(CC(O)c4ccc5c(c4C)COC5=O)CC3)CC2=O)COC1=O. The molecule has 1 aromatic carbocycles. The van der Waals surface area contributed by atoms with Gasteiger partial charge in [-0.3, -0.25) is 4.79 Å². The highest BCUT2D eigenvalue weighted by Gasteiger charge is 2.43. The van der Waals surface area contributed by atoms with Crippen molar-refractivity contribution in [2.24, 2.45) is 5.41 Å². The van der Waals surface area contributed by atoms with E-state index in [-0.39, 0.29) is 36.5 Å². The van der Waals surface area contributed by atoms with Crippen LogP contribution in [-0.4, -0.2) is 65.5 Å². The number of β-amino-alcohol motifs (C(OH)–C–C–N with tert-alkyl or cyclic N) is 1. The van der Waals surface area contributed by atoms with Crippen LogP contribution in [0, 0.1) is 12.3 Å². The molecular weight excluding hydrogens is 424 g/mol. The molecule has 1 unspecified atom stereocenters. The Bertz CT molecular complexity index is 1050. The number of amides is 1. The van der Waals surface area contributed by atoms with Crippen molar-refractivity contribution in [3.05, 3.63) is 45.7 Å². The zero-order valence-corrected chi connectivity index (χ0v) is 19.2. The van der Waals surface area contributed by atoms with Crippen LogP contribution in [0.3, 0.4) is 0 Å². The highest BCUT2D eigenvalue weighted by molar-refractivity contribution is 5.94. The van der Waals surface area contributed by atoms with Gasteiger partial charge in [0, 0.05) is 25.1 Å². The van der Waals surface area contributed by atoms with Gasteiger partial charge in [0.25, 0.3) is 0 Å². The molecule has 0 radical (unpaired) electrons. The topological polar surface area (TPSA) is 96.4 Å². The summed E-state index contributed by atoms with van der Waals surface area (Å²) in [7, 11) is 0. The molecule has 0 bridgehead atoms. The number of aliphatic hydroxyl groups is 1. The van der Waals surface area contributed by atoms with Gasteiger partial charge >= 0.3 is 11.9 Å². The van der Waals surface area contributed by atoms with Crippen molar-refractivity contribution in [3.63, 3.8) is 0 Å². The summed E-state index contributed by atoms with van der Waals surface area (Å²) in [5.41, 5.74) is 4.49. The summed E-state index contributed by atoms with van der Waals surface area (Å²) in [6.07, 6.45) is 2.60. The zero-order valence-electron chi connectivity index (χ0n) is 19.2. The molecule has 1 aromatic rings.